The zero-order chi connectivity index (χ0) is 19.2. The summed E-state index contributed by atoms with van der Waals surface area (Å²) in [7, 11) is -3.82. The molecule has 0 aliphatic heterocycles. The van der Waals surface area contributed by atoms with Crippen molar-refractivity contribution in [2.24, 2.45) is 5.14 Å². The van der Waals surface area contributed by atoms with Gasteiger partial charge in [0.05, 0.1) is 4.90 Å². The second kappa shape index (κ2) is 8.24. The van der Waals surface area contributed by atoms with E-state index in [-0.39, 0.29) is 22.8 Å². The molecule has 0 aromatic heterocycles. The minimum Gasteiger partial charge on any atom is -0.386 e. The molecule has 0 bridgehead atoms. The Balaban J connectivity index is 2.00. The number of hydrogen-bond donors (Lipinski definition) is 3. The first-order valence-corrected chi connectivity index (χ1v) is 8.86. The average molecular weight is 374 g/mol. The molecule has 0 saturated carbocycles. The first-order valence-electron chi connectivity index (χ1n) is 7.32. The van der Waals surface area contributed by atoms with Crippen molar-refractivity contribution < 1.29 is 17.6 Å². The Morgan fingerprint density at radius 2 is 1.92 bits per heavy atom. The van der Waals surface area contributed by atoms with Crippen LogP contribution in [0.3, 0.4) is 0 Å². The molecule has 0 atom stereocenters. The summed E-state index contributed by atoms with van der Waals surface area (Å²) in [6.45, 7) is 0.235. The molecule has 1 amide bonds. The minimum atomic E-state index is -3.82. The fourth-order valence-electron chi connectivity index (χ4n) is 1.99. The molecular formula is C17H15FN4O3S. The van der Waals surface area contributed by atoms with Gasteiger partial charge in [0.1, 0.15) is 17.5 Å². The highest BCUT2D eigenvalue weighted by Gasteiger charge is 2.11. The van der Waals surface area contributed by atoms with Crippen molar-refractivity contribution in [3.63, 3.8) is 0 Å². The fraction of sp³-hybridized carbons (Fsp3) is 0.0588. The Kier molecular flexibility index (Phi) is 6.06. The summed E-state index contributed by atoms with van der Waals surface area (Å²) < 4.78 is 35.5. The van der Waals surface area contributed by atoms with E-state index in [2.05, 4.69) is 10.6 Å². The van der Waals surface area contributed by atoms with E-state index in [0.29, 0.717) is 11.3 Å². The molecule has 0 heterocycles. The highest BCUT2D eigenvalue weighted by molar-refractivity contribution is 7.89. The van der Waals surface area contributed by atoms with Crippen molar-refractivity contribution >= 4 is 21.6 Å². The van der Waals surface area contributed by atoms with Gasteiger partial charge in [-0.3, -0.25) is 4.79 Å². The van der Waals surface area contributed by atoms with E-state index in [4.69, 9.17) is 10.4 Å². The Bertz CT molecular complexity index is 980. The van der Waals surface area contributed by atoms with E-state index in [0.717, 1.165) is 0 Å². The van der Waals surface area contributed by atoms with E-state index < -0.39 is 15.9 Å². The van der Waals surface area contributed by atoms with Crippen LogP contribution >= 0.6 is 0 Å². The second-order valence-electron chi connectivity index (χ2n) is 5.20. The van der Waals surface area contributed by atoms with Gasteiger partial charge >= 0.3 is 0 Å². The van der Waals surface area contributed by atoms with Crippen molar-refractivity contribution in [1.29, 1.82) is 5.26 Å². The van der Waals surface area contributed by atoms with Gasteiger partial charge in [0, 0.05) is 18.4 Å². The van der Waals surface area contributed by atoms with E-state index >= 15 is 0 Å². The number of nitrogens with one attached hydrogen (secondary N) is 2. The molecule has 0 radical (unpaired) electrons. The third-order valence-corrected chi connectivity index (χ3v) is 4.18. The van der Waals surface area contributed by atoms with Crippen LogP contribution in [0.2, 0.25) is 0 Å². The molecule has 0 aliphatic rings. The summed E-state index contributed by atoms with van der Waals surface area (Å²) in [5, 5.41) is 19.3. The molecule has 2 aromatic rings. The number of primary sulfonamides is 1. The van der Waals surface area contributed by atoms with Crippen LogP contribution in [0.15, 0.2) is 65.2 Å². The molecule has 9 heteroatoms. The zero-order valence-corrected chi connectivity index (χ0v) is 14.3. The first kappa shape index (κ1) is 19.1. The predicted molar refractivity (Wildman–Crippen MR) is 93.4 cm³/mol. The van der Waals surface area contributed by atoms with Gasteiger partial charge in [0.15, 0.2) is 0 Å². The Morgan fingerprint density at radius 1 is 1.23 bits per heavy atom. The average Bonchev–Trinajstić information content (AvgIpc) is 2.58. The molecule has 2 aromatic carbocycles. The SMILES string of the molecule is N#C/C(=C/NCc1cccc(F)c1)C(=O)Nc1ccc(S(N)(=O)=O)cc1. The first-order chi connectivity index (χ1) is 12.3. The van der Waals surface area contributed by atoms with Crippen LogP contribution in [-0.4, -0.2) is 14.3 Å². The van der Waals surface area contributed by atoms with Gasteiger partial charge in [-0.2, -0.15) is 5.26 Å². The Morgan fingerprint density at radius 3 is 2.50 bits per heavy atom. The third kappa shape index (κ3) is 5.41. The van der Waals surface area contributed by atoms with Crippen LogP contribution in [0.5, 0.6) is 0 Å². The lowest BCUT2D eigenvalue weighted by atomic mass is 10.2. The van der Waals surface area contributed by atoms with Gasteiger partial charge in [-0.25, -0.2) is 17.9 Å². The number of nitrogens with two attached hydrogens (primary N) is 1. The number of hydrogen-bond acceptors (Lipinski definition) is 5. The molecule has 2 rings (SSSR count). The van der Waals surface area contributed by atoms with E-state index in [1.807, 2.05) is 0 Å². The van der Waals surface area contributed by atoms with E-state index in [1.165, 1.54) is 42.6 Å². The fourth-order valence-corrected chi connectivity index (χ4v) is 2.51. The number of carbonyl (C=O) groups excluding carboxylic acids is 1. The van der Waals surface area contributed by atoms with Gasteiger partial charge in [-0.05, 0) is 42.0 Å². The highest BCUT2D eigenvalue weighted by atomic mass is 32.2. The lowest BCUT2D eigenvalue weighted by Crippen LogP contribution is -2.17. The summed E-state index contributed by atoms with van der Waals surface area (Å²) in [6.07, 6.45) is 1.22. The molecule has 7 nitrogen and oxygen atoms in total. The van der Waals surface area contributed by atoms with Crippen molar-refractivity contribution in [2.75, 3.05) is 5.32 Å². The molecule has 0 saturated heterocycles. The maximum absolute atomic E-state index is 13.1. The zero-order valence-electron chi connectivity index (χ0n) is 13.4. The minimum absolute atomic E-state index is 0.0942. The molecule has 0 aliphatic carbocycles. The van der Waals surface area contributed by atoms with Gasteiger partial charge in [0.25, 0.3) is 5.91 Å². The number of halogens is 1. The number of rotatable bonds is 6. The largest absolute Gasteiger partial charge is 0.386 e. The Labute approximate surface area is 150 Å². The summed E-state index contributed by atoms with van der Waals surface area (Å²) >= 11 is 0. The van der Waals surface area contributed by atoms with E-state index in [9.17, 15) is 17.6 Å². The number of carbonyl (C=O) groups is 1. The summed E-state index contributed by atoms with van der Waals surface area (Å²) in [6, 6.07) is 12.8. The lowest BCUT2D eigenvalue weighted by molar-refractivity contribution is -0.112. The van der Waals surface area contributed by atoms with Crippen LogP contribution in [0.1, 0.15) is 5.56 Å². The molecule has 0 unspecified atom stereocenters. The number of anilines is 1. The molecule has 26 heavy (non-hydrogen) atoms. The number of amides is 1. The number of nitriles is 1. The second-order valence-corrected chi connectivity index (χ2v) is 6.77. The van der Waals surface area contributed by atoms with Crippen LogP contribution in [-0.2, 0) is 21.4 Å². The molecule has 0 fully saturated rings. The molecule has 0 spiro atoms. The van der Waals surface area contributed by atoms with Crippen LogP contribution < -0.4 is 15.8 Å². The quantitative estimate of drug-likeness (QED) is 0.523. The van der Waals surface area contributed by atoms with Crippen LogP contribution in [0.4, 0.5) is 10.1 Å². The number of sulfonamides is 1. The number of nitrogens with zero attached hydrogens (tertiary/aromatic N) is 1. The van der Waals surface area contributed by atoms with Crippen molar-refractivity contribution in [3.05, 3.63) is 71.7 Å². The normalized spacial score (nSPS) is 11.5. The van der Waals surface area contributed by atoms with Gasteiger partial charge in [-0.15, -0.1) is 0 Å². The van der Waals surface area contributed by atoms with E-state index in [1.54, 1.807) is 18.2 Å². The molecule has 134 valence electrons. The lowest BCUT2D eigenvalue weighted by Gasteiger charge is -2.06. The molecule has 4 N–H and O–H groups in total. The third-order valence-electron chi connectivity index (χ3n) is 3.25. The summed E-state index contributed by atoms with van der Waals surface area (Å²) in [4.78, 5) is 12.0. The van der Waals surface area contributed by atoms with Gasteiger partial charge in [0.2, 0.25) is 10.0 Å². The van der Waals surface area contributed by atoms with Gasteiger partial charge < -0.3 is 10.6 Å². The summed E-state index contributed by atoms with van der Waals surface area (Å²) in [5.74, 6) is -1.06. The standard InChI is InChI=1S/C17H15FN4O3S/c18-14-3-1-2-12(8-14)10-21-11-13(9-19)17(23)22-15-4-6-16(7-5-15)26(20,24)25/h1-8,11,21H,10H2,(H,22,23)(H2,20,24,25)/b13-11-. The van der Waals surface area contributed by atoms with Crippen molar-refractivity contribution in [3.8, 4) is 6.07 Å². The summed E-state index contributed by atoms with van der Waals surface area (Å²) in [5.41, 5.74) is 0.753. The van der Waals surface area contributed by atoms with Crippen LogP contribution in [0, 0.1) is 17.1 Å². The van der Waals surface area contributed by atoms with Crippen molar-refractivity contribution in [1.82, 2.24) is 5.32 Å². The van der Waals surface area contributed by atoms with Crippen LogP contribution in [0.25, 0.3) is 0 Å². The van der Waals surface area contributed by atoms with Crippen molar-refractivity contribution in [2.45, 2.75) is 11.4 Å². The maximum atomic E-state index is 13.1. The van der Waals surface area contributed by atoms with Gasteiger partial charge in [-0.1, -0.05) is 12.1 Å². The Hall–Kier alpha value is -3.22. The number of benzene rings is 2. The topological polar surface area (TPSA) is 125 Å². The monoisotopic (exact) mass is 374 g/mol. The maximum Gasteiger partial charge on any atom is 0.267 e. The molecular weight excluding hydrogens is 359 g/mol. The highest BCUT2D eigenvalue weighted by Crippen LogP contribution is 2.13. The predicted octanol–water partition coefficient (Wildman–Crippen LogP) is 1.61. The smallest absolute Gasteiger partial charge is 0.267 e.